The van der Waals surface area contributed by atoms with E-state index in [0.29, 0.717) is 35.8 Å². The predicted molar refractivity (Wildman–Crippen MR) is 99.1 cm³/mol. The van der Waals surface area contributed by atoms with Crippen LogP contribution in [0.5, 0.6) is 11.5 Å². The minimum Gasteiger partial charge on any atom is -0.497 e. The van der Waals surface area contributed by atoms with E-state index < -0.39 is 5.97 Å². The van der Waals surface area contributed by atoms with Gasteiger partial charge < -0.3 is 19.9 Å². The predicted octanol–water partition coefficient (Wildman–Crippen LogP) is 3.75. The molecule has 0 aliphatic carbocycles. The SMILES string of the molecule is CCCOc1cc(OC)ccc1C(=O)Nc1cccc(CCC(=O)O)c1. The lowest BCUT2D eigenvalue weighted by molar-refractivity contribution is -0.136. The van der Waals surface area contributed by atoms with Crippen molar-refractivity contribution in [1.82, 2.24) is 0 Å². The molecule has 2 rings (SSSR count). The smallest absolute Gasteiger partial charge is 0.303 e. The largest absolute Gasteiger partial charge is 0.497 e. The van der Waals surface area contributed by atoms with Gasteiger partial charge in [0.2, 0.25) is 0 Å². The first-order valence-corrected chi connectivity index (χ1v) is 8.46. The normalized spacial score (nSPS) is 10.2. The van der Waals surface area contributed by atoms with E-state index in [9.17, 15) is 9.59 Å². The first-order valence-electron chi connectivity index (χ1n) is 8.46. The van der Waals surface area contributed by atoms with Crippen LogP contribution in [0.4, 0.5) is 5.69 Å². The number of rotatable bonds is 9. The Hall–Kier alpha value is -3.02. The number of carbonyl (C=O) groups is 2. The molecule has 26 heavy (non-hydrogen) atoms. The lowest BCUT2D eigenvalue weighted by Crippen LogP contribution is -2.14. The topological polar surface area (TPSA) is 84.9 Å². The van der Waals surface area contributed by atoms with Gasteiger partial charge >= 0.3 is 5.97 Å². The Labute approximate surface area is 152 Å². The van der Waals surface area contributed by atoms with E-state index in [4.69, 9.17) is 14.6 Å². The molecule has 6 nitrogen and oxygen atoms in total. The molecule has 6 heteroatoms. The third-order valence-electron chi connectivity index (χ3n) is 3.71. The van der Waals surface area contributed by atoms with Gasteiger partial charge in [-0.25, -0.2) is 0 Å². The molecule has 0 aromatic heterocycles. The summed E-state index contributed by atoms with van der Waals surface area (Å²) < 4.78 is 10.9. The Morgan fingerprint density at radius 1 is 1.15 bits per heavy atom. The molecule has 0 fully saturated rings. The standard InChI is InChI=1S/C20H23NO5/c1-3-11-26-18-13-16(25-2)8-9-17(18)20(24)21-15-6-4-5-14(12-15)7-10-19(22)23/h4-6,8-9,12-13H,3,7,10-11H2,1-2H3,(H,21,24)(H,22,23). The minimum atomic E-state index is -0.851. The fraction of sp³-hybridized carbons (Fsp3) is 0.300. The summed E-state index contributed by atoms with van der Waals surface area (Å²) in [7, 11) is 1.56. The van der Waals surface area contributed by atoms with Gasteiger partial charge in [0, 0.05) is 18.2 Å². The highest BCUT2D eigenvalue weighted by Crippen LogP contribution is 2.26. The zero-order valence-corrected chi connectivity index (χ0v) is 15.0. The molecule has 0 radical (unpaired) electrons. The van der Waals surface area contributed by atoms with Crippen LogP contribution in [0.2, 0.25) is 0 Å². The summed E-state index contributed by atoms with van der Waals surface area (Å²) in [5.41, 5.74) is 1.87. The molecule has 2 N–H and O–H groups in total. The number of aliphatic carboxylic acids is 1. The van der Waals surface area contributed by atoms with Gasteiger partial charge in [-0.05, 0) is 42.7 Å². The van der Waals surface area contributed by atoms with Gasteiger partial charge in [0.1, 0.15) is 11.5 Å². The van der Waals surface area contributed by atoms with Crippen molar-refractivity contribution in [3.05, 3.63) is 53.6 Å². The van der Waals surface area contributed by atoms with Gasteiger partial charge in [-0.1, -0.05) is 19.1 Å². The van der Waals surface area contributed by atoms with Crippen molar-refractivity contribution in [2.24, 2.45) is 0 Å². The molecule has 2 aromatic carbocycles. The number of aryl methyl sites for hydroxylation is 1. The van der Waals surface area contributed by atoms with E-state index in [1.807, 2.05) is 13.0 Å². The highest BCUT2D eigenvalue weighted by Gasteiger charge is 2.14. The Morgan fingerprint density at radius 3 is 2.65 bits per heavy atom. The molecule has 0 bridgehead atoms. The van der Waals surface area contributed by atoms with Crippen molar-refractivity contribution >= 4 is 17.6 Å². The molecule has 0 saturated heterocycles. The molecule has 2 aromatic rings. The molecule has 0 aliphatic rings. The Bertz CT molecular complexity index is 773. The zero-order valence-electron chi connectivity index (χ0n) is 15.0. The summed E-state index contributed by atoms with van der Waals surface area (Å²) in [5, 5.41) is 11.6. The van der Waals surface area contributed by atoms with Crippen molar-refractivity contribution in [2.45, 2.75) is 26.2 Å². The number of anilines is 1. The fourth-order valence-electron chi connectivity index (χ4n) is 2.40. The summed E-state index contributed by atoms with van der Waals surface area (Å²) in [4.78, 5) is 23.4. The van der Waals surface area contributed by atoms with Gasteiger partial charge in [0.05, 0.1) is 19.3 Å². The molecular weight excluding hydrogens is 334 g/mol. The number of nitrogens with one attached hydrogen (secondary N) is 1. The van der Waals surface area contributed by atoms with Crippen LogP contribution >= 0.6 is 0 Å². The van der Waals surface area contributed by atoms with Crippen LogP contribution in [0.1, 0.15) is 35.7 Å². The summed E-state index contributed by atoms with van der Waals surface area (Å²) in [6.45, 7) is 2.49. The molecule has 0 aliphatic heterocycles. The highest BCUT2D eigenvalue weighted by atomic mass is 16.5. The fourth-order valence-corrected chi connectivity index (χ4v) is 2.40. The Kier molecular flexibility index (Phi) is 7.02. The molecular formula is C20H23NO5. The number of benzene rings is 2. The maximum absolute atomic E-state index is 12.6. The summed E-state index contributed by atoms with van der Waals surface area (Å²) in [6.07, 6.45) is 1.28. The lowest BCUT2D eigenvalue weighted by atomic mass is 10.1. The van der Waals surface area contributed by atoms with Crippen LogP contribution in [0.25, 0.3) is 0 Å². The van der Waals surface area contributed by atoms with Gasteiger partial charge in [0.15, 0.2) is 0 Å². The number of methoxy groups -OCH3 is 1. The molecule has 0 atom stereocenters. The maximum Gasteiger partial charge on any atom is 0.303 e. The number of carboxylic acids is 1. The van der Waals surface area contributed by atoms with Crippen molar-refractivity contribution in [2.75, 3.05) is 19.0 Å². The molecule has 0 saturated carbocycles. The average molecular weight is 357 g/mol. The average Bonchev–Trinajstić information content (AvgIpc) is 2.64. The number of hydrogen-bond donors (Lipinski definition) is 2. The minimum absolute atomic E-state index is 0.0465. The molecule has 0 spiro atoms. The number of carboxylic acid groups (broad SMARTS) is 1. The molecule has 138 valence electrons. The van der Waals surface area contributed by atoms with E-state index in [0.717, 1.165) is 12.0 Å². The maximum atomic E-state index is 12.6. The van der Waals surface area contributed by atoms with Crippen molar-refractivity contribution < 1.29 is 24.2 Å². The van der Waals surface area contributed by atoms with E-state index in [-0.39, 0.29) is 12.3 Å². The van der Waals surface area contributed by atoms with Crippen LogP contribution < -0.4 is 14.8 Å². The monoisotopic (exact) mass is 357 g/mol. The van der Waals surface area contributed by atoms with E-state index in [2.05, 4.69) is 5.32 Å². The Morgan fingerprint density at radius 2 is 1.96 bits per heavy atom. The highest BCUT2D eigenvalue weighted by molar-refractivity contribution is 6.06. The lowest BCUT2D eigenvalue weighted by Gasteiger charge is -2.13. The van der Waals surface area contributed by atoms with Crippen LogP contribution in [0.3, 0.4) is 0 Å². The van der Waals surface area contributed by atoms with Crippen LogP contribution in [-0.2, 0) is 11.2 Å². The third kappa shape index (κ3) is 5.51. The quantitative estimate of drug-likeness (QED) is 0.714. The van der Waals surface area contributed by atoms with Gasteiger partial charge in [-0.3, -0.25) is 9.59 Å². The van der Waals surface area contributed by atoms with E-state index in [1.165, 1.54) is 0 Å². The first-order chi connectivity index (χ1) is 12.5. The third-order valence-corrected chi connectivity index (χ3v) is 3.71. The molecule has 0 heterocycles. The van der Waals surface area contributed by atoms with Crippen molar-refractivity contribution in [3.8, 4) is 11.5 Å². The second kappa shape index (κ2) is 9.46. The van der Waals surface area contributed by atoms with Gasteiger partial charge in [0.25, 0.3) is 5.91 Å². The summed E-state index contributed by atoms with van der Waals surface area (Å²) in [5.74, 6) is -0.0708. The van der Waals surface area contributed by atoms with Crippen LogP contribution in [0, 0.1) is 0 Å². The Balaban J connectivity index is 2.16. The van der Waals surface area contributed by atoms with Crippen molar-refractivity contribution in [3.63, 3.8) is 0 Å². The second-order valence-corrected chi connectivity index (χ2v) is 5.76. The van der Waals surface area contributed by atoms with E-state index in [1.54, 1.807) is 43.5 Å². The number of ether oxygens (including phenoxy) is 2. The summed E-state index contributed by atoms with van der Waals surface area (Å²) >= 11 is 0. The molecule has 0 unspecified atom stereocenters. The van der Waals surface area contributed by atoms with Crippen LogP contribution in [-0.4, -0.2) is 30.7 Å². The number of amides is 1. The van der Waals surface area contributed by atoms with Gasteiger partial charge in [-0.2, -0.15) is 0 Å². The number of carbonyl (C=O) groups excluding carboxylic acids is 1. The van der Waals surface area contributed by atoms with Gasteiger partial charge in [-0.15, -0.1) is 0 Å². The summed E-state index contributed by atoms with van der Waals surface area (Å²) in [6, 6.07) is 12.2. The molecule has 1 amide bonds. The van der Waals surface area contributed by atoms with Crippen LogP contribution in [0.15, 0.2) is 42.5 Å². The zero-order chi connectivity index (χ0) is 18.9. The van der Waals surface area contributed by atoms with Crippen molar-refractivity contribution in [1.29, 1.82) is 0 Å². The van der Waals surface area contributed by atoms with E-state index >= 15 is 0 Å². The second-order valence-electron chi connectivity index (χ2n) is 5.76. The first kappa shape index (κ1) is 19.3. The number of hydrogen-bond acceptors (Lipinski definition) is 4.